The second kappa shape index (κ2) is 12.5. The predicted molar refractivity (Wildman–Crippen MR) is 214 cm³/mol. The number of aromatic nitrogens is 1. The van der Waals surface area contributed by atoms with Gasteiger partial charge in [0.05, 0.1) is 5.69 Å². The highest BCUT2D eigenvalue weighted by Gasteiger charge is 2.41. The normalized spacial score (nSPS) is 12.7. The SMILES string of the molecule is CC1(C)c2cc(N(c3ccccc3)c3ccccc3)ccc2-c2c(-c3ccc4cnccc4c3)ccc(N(c3ccccc3)c3ccccc3)c21. The molecule has 1 heterocycles. The molecule has 0 unspecified atom stereocenters. The average molecular weight is 656 g/mol. The molecule has 0 amide bonds. The smallest absolute Gasteiger partial charge is 0.0509 e. The third-order valence-corrected chi connectivity index (χ3v) is 10.3. The number of para-hydroxylation sites is 4. The third kappa shape index (κ3) is 5.26. The van der Waals surface area contributed by atoms with Gasteiger partial charge < -0.3 is 9.80 Å². The van der Waals surface area contributed by atoms with Gasteiger partial charge in [-0.3, -0.25) is 4.98 Å². The fourth-order valence-electron chi connectivity index (χ4n) is 7.91. The predicted octanol–water partition coefficient (Wildman–Crippen LogP) is 13.1. The van der Waals surface area contributed by atoms with Crippen LogP contribution in [0.5, 0.6) is 0 Å². The summed E-state index contributed by atoms with van der Waals surface area (Å²) in [5, 5.41) is 2.32. The van der Waals surface area contributed by atoms with Crippen molar-refractivity contribution < 1.29 is 0 Å². The van der Waals surface area contributed by atoms with Crippen molar-refractivity contribution in [1.29, 1.82) is 0 Å². The summed E-state index contributed by atoms with van der Waals surface area (Å²) < 4.78 is 0. The molecule has 9 rings (SSSR count). The van der Waals surface area contributed by atoms with E-state index in [0.717, 1.165) is 33.8 Å². The standard InChI is InChI=1S/C48H37N3/c1-48(2)44-32-41(50(37-15-7-3-8-16-37)38-17-9-4-10-18-38)25-26-43(44)46-42(35-23-24-36-33-49-30-29-34(36)31-35)27-28-45(47(46)48)51(39-19-11-5-12-20-39)40-21-13-6-14-22-40/h3-33H,1-2H3. The van der Waals surface area contributed by atoms with E-state index < -0.39 is 0 Å². The van der Waals surface area contributed by atoms with Crippen LogP contribution in [0.25, 0.3) is 33.0 Å². The van der Waals surface area contributed by atoms with Gasteiger partial charge in [-0.25, -0.2) is 0 Å². The van der Waals surface area contributed by atoms with Crippen molar-refractivity contribution in [1.82, 2.24) is 4.98 Å². The third-order valence-electron chi connectivity index (χ3n) is 10.3. The van der Waals surface area contributed by atoms with Crippen LogP contribution in [0.4, 0.5) is 34.1 Å². The summed E-state index contributed by atoms with van der Waals surface area (Å²) in [6.45, 7) is 4.79. The number of benzene rings is 7. The molecule has 51 heavy (non-hydrogen) atoms. The van der Waals surface area contributed by atoms with Gasteiger partial charge in [0.2, 0.25) is 0 Å². The molecule has 8 aromatic rings. The summed E-state index contributed by atoms with van der Waals surface area (Å²) in [7, 11) is 0. The molecule has 0 aliphatic heterocycles. The molecule has 0 saturated carbocycles. The Morgan fingerprint density at radius 2 is 1.00 bits per heavy atom. The molecule has 0 spiro atoms. The van der Waals surface area contributed by atoms with Crippen molar-refractivity contribution in [2.24, 2.45) is 0 Å². The van der Waals surface area contributed by atoms with Crippen LogP contribution < -0.4 is 9.80 Å². The fraction of sp³-hybridized carbons (Fsp3) is 0.0625. The number of pyridine rings is 1. The van der Waals surface area contributed by atoms with Crippen LogP contribution in [0.2, 0.25) is 0 Å². The van der Waals surface area contributed by atoms with E-state index in [4.69, 9.17) is 0 Å². The molecular formula is C48H37N3. The maximum atomic E-state index is 4.37. The summed E-state index contributed by atoms with van der Waals surface area (Å²) in [6, 6.07) is 63.4. The largest absolute Gasteiger partial charge is 0.310 e. The van der Waals surface area contributed by atoms with Crippen molar-refractivity contribution >= 4 is 44.9 Å². The number of nitrogens with zero attached hydrogens (tertiary/aromatic N) is 3. The molecule has 1 aromatic heterocycles. The minimum atomic E-state index is -0.326. The maximum Gasteiger partial charge on any atom is 0.0509 e. The van der Waals surface area contributed by atoms with Crippen molar-refractivity contribution in [3.05, 3.63) is 199 Å². The second-order valence-corrected chi connectivity index (χ2v) is 13.7. The lowest BCUT2D eigenvalue weighted by Crippen LogP contribution is -2.21. The zero-order chi connectivity index (χ0) is 34.4. The molecule has 3 heteroatoms. The molecule has 0 atom stereocenters. The Kier molecular flexibility index (Phi) is 7.48. The van der Waals surface area contributed by atoms with Crippen LogP contribution in [0.15, 0.2) is 188 Å². The monoisotopic (exact) mass is 655 g/mol. The van der Waals surface area contributed by atoms with Gasteiger partial charge in [0.1, 0.15) is 0 Å². The first-order chi connectivity index (χ1) is 25.1. The van der Waals surface area contributed by atoms with E-state index >= 15 is 0 Å². The van der Waals surface area contributed by atoms with Crippen LogP contribution in [0.1, 0.15) is 25.0 Å². The summed E-state index contributed by atoms with van der Waals surface area (Å²) in [6.07, 6.45) is 3.82. The molecular weight excluding hydrogens is 619 g/mol. The molecule has 0 N–H and O–H groups in total. The molecule has 0 saturated heterocycles. The first-order valence-corrected chi connectivity index (χ1v) is 17.5. The first kappa shape index (κ1) is 30.6. The van der Waals surface area contributed by atoms with E-state index in [1.807, 2.05) is 12.4 Å². The summed E-state index contributed by atoms with van der Waals surface area (Å²) in [5.74, 6) is 0. The van der Waals surface area contributed by atoms with Gasteiger partial charge in [0.15, 0.2) is 0 Å². The second-order valence-electron chi connectivity index (χ2n) is 13.7. The summed E-state index contributed by atoms with van der Waals surface area (Å²) in [4.78, 5) is 9.15. The Balaban J connectivity index is 1.31. The van der Waals surface area contributed by atoms with E-state index in [9.17, 15) is 0 Å². The molecule has 0 fully saturated rings. The van der Waals surface area contributed by atoms with Gasteiger partial charge in [0.25, 0.3) is 0 Å². The van der Waals surface area contributed by atoms with Gasteiger partial charge in [-0.1, -0.05) is 111 Å². The number of rotatable bonds is 7. The Hall–Kier alpha value is -6.45. The summed E-state index contributed by atoms with van der Waals surface area (Å²) >= 11 is 0. The zero-order valence-corrected chi connectivity index (χ0v) is 28.7. The van der Waals surface area contributed by atoms with Crippen LogP contribution in [-0.2, 0) is 5.41 Å². The Labute approximate surface area is 299 Å². The quantitative estimate of drug-likeness (QED) is 0.170. The van der Waals surface area contributed by atoms with Crippen molar-refractivity contribution in [2.75, 3.05) is 9.80 Å². The number of anilines is 6. The number of fused-ring (bicyclic) bond motifs is 4. The molecule has 3 nitrogen and oxygen atoms in total. The molecule has 1 aliphatic carbocycles. The topological polar surface area (TPSA) is 19.4 Å². The Morgan fingerprint density at radius 3 is 1.59 bits per heavy atom. The number of hydrogen-bond acceptors (Lipinski definition) is 3. The highest BCUT2D eigenvalue weighted by atomic mass is 15.2. The van der Waals surface area contributed by atoms with Crippen LogP contribution in [0.3, 0.4) is 0 Å². The van der Waals surface area contributed by atoms with Crippen LogP contribution in [0, 0.1) is 0 Å². The molecule has 0 radical (unpaired) electrons. The van der Waals surface area contributed by atoms with Crippen LogP contribution >= 0.6 is 0 Å². The van der Waals surface area contributed by atoms with Gasteiger partial charge >= 0.3 is 0 Å². The molecule has 244 valence electrons. The van der Waals surface area contributed by atoms with E-state index in [-0.39, 0.29) is 5.41 Å². The molecule has 1 aliphatic rings. The van der Waals surface area contributed by atoms with Gasteiger partial charge in [-0.05, 0) is 118 Å². The lowest BCUT2D eigenvalue weighted by molar-refractivity contribution is 0.661. The van der Waals surface area contributed by atoms with Gasteiger partial charge in [-0.15, -0.1) is 0 Å². The van der Waals surface area contributed by atoms with Gasteiger partial charge in [-0.2, -0.15) is 0 Å². The van der Waals surface area contributed by atoms with Crippen molar-refractivity contribution in [2.45, 2.75) is 19.3 Å². The average Bonchev–Trinajstić information content (AvgIpc) is 3.43. The Bertz CT molecular complexity index is 2410. The lowest BCUT2D eigenvalue weighted by Gasteiger charge is -2.33. The van der Waals surface area contributed by atoms with E-state index in [1.165, 1.54) is 44.5 Å². The van der Waals surface area contributed by atoms with Gasteiger partial charge in [0, 0.05) is 51.6 Å². The fourth-order valence-corrected chi connectivity index (χ4v) is 7.91. The highest BCUT2D eigenvalue weighted by Crippen LogP contribution is 2.58. The zero-order valence-electron chi connectivity index (χ0n) is 28.7. The van der Waals surface area contributed by atoms with Crippen molar-refractivity contribution in [3.8, 4) is 22.3 Å². The van der Waals surface area contributed by atoms with Crippen molar-refractivity contribution in [3.63, 3.8) is 0 Å². The van der Waals surface area contributed by atoms with E-state index in [2.05, 4.69) is 205 Å². The first-order valence-electron chi connectivity index (χ1n) is 17.5. The minimum Gasteiger partial charge on any atom is -0.310 e. The lowest BCUT2D eigenvalue weighted by atomic mass is 9.80. The van der Waals surface area contributed by atoms with Crippen LogP contribution in [-0.4, -0.2) is 4.98 Å². The highest BCUT2D eigenvalue weighted by molar-refractivity contribution is 6.00. The number of hydrogen-bond donors (Lipinski definition) is 0. The molecule has 7 aromatic carbocycles. The van der Waals surface area contributed by atoms with E-state index in [0.29, 0.717) is 0 Å². The summed E-state index contributed by atoms with van der Waals surface area (Å²) in [5.41, 5.74) is 14.1. The molecule has 0 bridgehead atoms. The minimum absolute atomic E-state index is 0.326. The van der Waals surface area contributed by atoms with E-state index in [1.54, 1.807) is 0 Å². The maximum absolute atomic E-state index is 4.37. The Morgan fingerprint density at radius 1 is 0.451 bits per heavy atom.